The number of amides is 1. The highest BCUT2D eigenvalue weighted by molar-refractivity contribution is 9.10. The van der Waals surface area contributed by atoms with Gasteiger partial charge in [-0.05, 0) is 25.1 Å². The molecule has 1 saturated heterocycles. The van der Waals surface area contributed by atoms with Gasteiger partial charge in [-0.25, -0.2) is 0 Å². The molecule has 0 bridgehead atoms. The summed E-state index contributed by atoms with van der Waals surface area (Å²) < 4.78 is 6.22. The molecule has 0 radical (unpaired) electrons. The molecule has 1 unspecified atom stereocenters. The Labute approximate surface area is 155 Å². The molecule has 25 heavy (non-hydrogen) atoms. The predicted octanol–water partition coefficient (Wildman–Crippen LogP) is 1.73. The first-order valence-corrected chi connectivity index (χ1v) is 9.15. The number of ether oxygens (including phenoxy) is 1. The van der Waals surface area contributed by atoms with Crippen LogP contribution in [-0.2, 0) is 4.74 Å². The van der Waals surface area contributed by atoms with E-state index in [0.717, 1.165) is 34.2 Å². The molecule has 0 saturated carbocycles. The summed E-state index contributed by atoms with van der Waals surface area (Å²) in [5.74, 6) is -0.196. The Morgan fingerprint density at radius 1 is 1.40 bits per heavy atom. The molecule has 2 N–H and O–H groups in total. The first-order valence-electron chi connectivity index (χ1n) is 8.36. The van der Waals surface area contributed by atoms with Crippen molar-refractivity contribution in [3.05, 3.63) is 40.0 Å². The number of fused-ring (bicyclic) bond motifs is 1. The van der Waals surface area contributed by atoms with E-state index in [4.69, 9.17) is 4.74 Å². The summed E-state index contributed by atoms with van der Waals surface area (Å²) in [5, 5.41) is 13.8. The molecule has 6 nitrogen and oxygen atoms in total. The third-order valence-corrected chi connectivity index (χ3v) is 4.71. The van der Waals surface area contributed by atoms with Gasteiger partial charge in [-0.3, -0.25) is 14.7 Å². The SMILES string of the molecule is Cc1cc(C(=O)NCC(O)CN2CCOCC2)c2ccc(Br)cc2n1. The number of aliphatic hydroxyl groups is 1. The Hall–Kier alpha value is -1.54. The van der Waals surface area contributed by atoms with Gasteiger partial charge in [0, 0.05) is 41.7 Å². The highest BCUT2D eigenvalue weighted by atomic mass is 79.9. The Morgan fingerprint density at radius 3 is 2.92 bits per heavy atom. The topological polar surface area (TPSA) is 74.7 Å². The maximum atomic E-state index is 12.6. The summed E-state index contributed by atoms with van der Waals surface area (Å²) in [6.07, 6.45) is -0.606. The molecule has 1 amide bonds. The number of aliphatic hydroxyl groups excluding tert-OH is 1. The number of nitrogens with zero attached hydrogens (tertiary/aromatic N) is 2. The van der Waals surface area contributed by atoms with Crippen LogP contribution in [0.15, 0.2) is 28.7 Å². The van der Waals surface area contributed by atoms with Crippen LogP contribution < -0.4 is 5.32 Å². The summed E-state index contributed by atoms with van der Waals surface area (Å²) in [5.41, 5.74) is 2.13. The zero-order chi connectivity index (χ0) is 17.8. The molecule has 0 spiro atoms. The van der Waals surface area contributed by atoms with Gasteiger partial charge in [0.1, 0.15) is 0 Å². The standard InChI is InChI=1S/C18H22BrN3O3/c1-12-8-16(15-3-2-13(19)9-17(15)21-12)18(24)20-10-14(23)11-22-4-6-25-7-5-22/h2-3,8-9,14,23H,4-7,10-11H2,1H3,(H,20,24). The number of hydrogen-bond acceptors (Lipinski definition) is 5. The Kier molecular flexibility index (Phi) is 6.01. The lowest BCUT2D eigenvalue weighted by molar-refractivity contribution is 0.0149. The molecule has 134 valence electrons. The Bertz CT molecular complexity index is 757. The number of nitrogens with one attached hydrogen (secondary N) is 1. The lowest BCUT2D eigenvalue weighted by Gasteiger charge is -2.28. The molecular formula is C18H22BrN3O3. The first kappa shape index (κ1) is 18.3. The molecular weight excluding hydrogens is 386 g/mol. The van der Waals surface area contributed by atoms with Gasteiger partial charge in [-0.1, -0.05) is 22.0 Å². The molecule has 1 aromatic heterocycles. The summed E-state index contributed by atoms with van der Waals surface area (Å²) in [7, 11) is 0. The normalized spacial score (nSPS) is 16.8. The minimum Gasteiger partial charge on any atom is -0.390 e. The average Bonchev–Trinajstić information content (AvgIpc) is 2.59. The van der Waals surface area contributed by atoms with Crippen LogP contribution in [0.4, 0.5) is 0 Å². The molecule has 1 aliphatic heterocycles. The minimum atomic E-state index is -0.606. The molecule has 3 rings (SSSR count). The van der Waals surface area contributed by atoms with E-state index in [1.165, 1.54) is 0 Å². The minimum absolute atomic E-state index is 0.196. The number of carbonyl (C=O) groups excluding carboxylic acids is 1. The number of benzene rings is 1. The van der Waals surface area contributed by atoms with Gasteiger partial charge in [0.15, 0.2) is 0 Å². The number of aromatic nitrogens is 1. The van der Waals surface area contributed by atoms with Crippen LogP contribution in [0.3, 0.4) is 0 Å². The van der Waals surface area contributed by atoms with Crippen molar-refractivity contribution in [3.8, 4) is 0 Å². The second-order valence-corrected chi connectivity index (χ2v) is 7.17. The third-order valence-electron chi connectivity index (χ3n) is 4.22. The zero-order valence-corrected chi connectivity index (χ0v) is 15.8. The number of morpholine rings is 1. The predicted molar refractivity (Wildman–Crippen MR) is 99.8 cm³/mol. The molecule has 1 aromatic carbocycles. The van der Waals surface area contributed by atoms with Gasteiger partial charge < -0.3 is 15.2 Å². The van der Waals surface area contributed by atoms with Crippen molar-refractivity contribution in [2.45, 2.75) is 13.0 Å². The van der Waals surface area contributed by atoms with Crippen LogP contribution in [0.25, 0.3) is 10.9 Å². The van der Waals surface area contributed by atoms with Crippen molar-refractivity contribution in [2.75, 3.05) is 39.4 Å². The van der Waals surface area contributed by atoms with Crippen molar-refractivity contribution in [1.82, 2.24) is 15.2 Å². The molecule has 2 aromatic rings. The lowest BCUT2D eigenvalue weighted by atomic mass is 10.1. The highest BCUT2D eigenvalue weighted by Gasteiger charge is 2.17. The number of aryl methyl sites for hydroxylation is 1. The smallest absolute Gasteiger partial charge is 0.252 e. The van der Waals surface area contributed by atoms with Gasteiger partial charge in [0.25, 0.3) is 5.91 Å². The number of rotatable bonds is 5. The maximum absolute atomic E-state index is 12.6. The van der Waals surface area contributed by atoms with E-state index in [1.807, 2.05) is 25.1 Å². The van der Waals surface area contributed by atoms with E-state index < -0.39 is 6.10 Å². The second-order valence-electron chi connectivity index (χ2n) is 6.25. The van der Waals surface area contributed by atoms with Gasteiger partial charge in [0.05, 0.1) is 30.4 Å². The van der Waals surface area contributed by atoms with Crippen LogP contribution in [0.1, 0.15) is 16.1 Å². The maximum Gasteiger partial charge on any atom is 0.252 e. The van der Waals surface area contributed by atoms with E-state index in [9.17, 15) is 9.90 Å². The summed E-state index contributed by atoms with van der Waals surface area (Å²) >= 11 is 3.43. The van der Waals surface area contributed by atoms with Crippen LogP contribution in [-0.4, -0.2) is 66.4 Å². The quantitative estimate of drug-likeness (QED) is 0.789. The van der Waals surface area contributed by atoms with Crippen molar-refractivity contribution < 1.29 is 14.6 Å². The molecule has 1 fully saturated rings. The van der Waals surface area contributed by atoms with Crippen LogP contribution in [0, 0.1) is 6.92 Å². The van der Waals surface area contributed by atoms with Gasteiger partial charge in [-0.2, -0.15) is 0 Å². The zero-order valence-electron chi connectivity index (χ0n) is 14.2. The summed E-state index contributed by atoms with van der Waals surface area (Å²) in [6, 6.07) is 7.45. The van der Waals surface area contributed by atoms with E-state index >= 15 is 0 Å². The van der Waals surface area contributed by atoms with Crippen molar-refractivity contribution in [3.63, 3.8) is 0 Å². The monoisotopic (exact) mass is 407 g/mol. The largest absolute Gasteiger partial charge is 0.390 e. The number of β-amino-alcohol motifs (C(OH)–C–C–N with tert-alkyl or cyclic N) is 1. The van der Waals surface area contributed by atoms with E-state index in [1.54, 1.807) is 6.07 Å². The van der Waals surface area contributed by atoms with Crippen LogP contribution in [0.2, 0.25) is 0 Å². The fourth-order valence-corrected chi connectivity index (χ4v) is 3.32. The van der Waals surface area contributed by atoms with E-state index in [0.29, 0.717) is 25.3 Å². The Morgan fingerprint density at radius 2 is 2.16 bits per heavy atom. The summed E-state index contributed by atoms with van der Waals surface area (Å²) in [4.78, 5) is 19.2. The molecule has 1 aliphatic rings. The van der Waals surface area contributed by atoms with Crippen molar-refractivity contribution in [2.24, 2.45) is 0 Å². The molecule has 2 heterocycles. The van der Waals surface area contributed by atoms with Crippen LogP contribution >= 0.6 is 15.9 Å². The Balaban J connectivity index is 1.65. The second kappa shape index (κ2) is 8.23. The van der Waals surface area contributed by atoms with Gasteiger partial charge in [0.2, 0.25) is 0 Å². The van der Waals surface area contributed by atoms with Gasteiger partial charge in [-0.15, -0.1) is 0 Å². The van der Waals surface area contributed by atoms with Crippen LogP contribution in [0.5, 0.6) is 0 Å². The first-order chi connectivity index (χ1) is 12.0. The molecule has 7 heteroatoms. The number of hydrogen-bond donors (Lipinski definition) is 2. The molecule has 1 atom stereocenters. The summed E-state index contributed by atoms with van der Waals surface area (Å²) in [6.45, 7) is 5.63. The van der Waals surface area contributed by atoms with Crippen molar-refractivity contribution in [1.29, 1.82) is 0 Å². The number of pyridine rings is 1. The fraction of sp³-hybridized carbons (Fsp3) is 0.444. The van der Waals surface area contributed by atoms with E-state index in [-0.39, 0.29) is 12.5 Å². The van der Waals surface area contributed by atoms with Gasteiger partial charge >= 0.3 is 0 Å². The van der Waals surface area contributed by atoms with E-state index in [2.05, 4.69) is 31.1 Å². The van der Waals surface area contributed by atoms with Crippen molar-refractivity contribution >= 4 is 32.7 Å². The average molecular weight is 408 g/mol. The third kappa shape index (κ3) is 4.76. The highest BCUT2D eigenvalue weighted by Crippen LogP contribution is 2.22. The fourth-order valence-electron chi connectivity index (χ4n) is 2.97. The number of halogens is 1. The lowest BCUT2D eigenvalue weighted by Crippen LogP contribution is -2.44. The number of carbonyl (C=O) groups is 1. The molecule has 0 aliphatic carbocycles.